The number of aryl methyl sites for hydroxylation is 2. The van der Waals surface area contributed by atoms with Crippen molar-refractivity contribution in [2.75, 3.05) is 5.75 Å². The first kappa shape index (κ1) is 17.5. The smallest absolute Gasteiger partial charge is 0.0745 e. The largest absolute Gasteiger partial charge is 0.411 e. The number of nitrogens with zero attached hydrogens (tertiary/aromatic N) is 2. The van der Waals surface area contributed by atoms with Gasteiger partial charge in [-0.15, -0.1) is 11.8 Å². The van der Waals surface area contributed by atoms with E-state index in [9.17, 15) is 0 Å². The zero-order valence-corrected chi connectivity index (χ0v) is 15.1. The highest BCUT2D eigenvalue weighted by Gasteiger charge is 1.99. The summed E-state index contributed by atoms with van der Waals surface area (Å²) in [5.41, 5.74) is 3.46. The van der Waals surface area contributed by atoms with Crippen molar-refractivity contribution < 1.29 is 5.21 Å². The second kappa shape index (κ2) is 8.70. The molecule has 0 atom stereocenters. The average molecular weight is 345 g/mol. The number of hydrogen-bond acceptors (Lipinski definition) is 5. The fraction of sp³-hybridized carbons (Fsp3) is 0.222. The van der Waals surface area contributed by atoms with Gasteiger partial charge in [0.15, 0.2) is 0 Å². The molecular weight excluding hydrogens is 324 g/mol. The van der Waals surface area contributed by atoms with E-state index in [1.165, 1.54) is 27.4 Å². The van der Waals surface area contributed by atoms with E-state index in [0.29, 0.717) is 0 Å². The van der Waals surface area contributed by atoms with Gasteiger partial charge in [0.05, 0.1) is 10.9 Å². The molecule has 0 amide bonds. The summed E-state index contributed by atoms with van der Waals surface area (Å²) < 4.78 is 5.35. The summed E-state index contributed by atoms with van der Waals surface area (Å²) in [6, 6.07) is 12.5. The van der Waals surface area contributed by atoms with Crippen molar-refractivity contribution in [3.8, 4) is 0 Å². The molecule has 120 valence electrons. The Morgan fingerprint density at radius 1 is 1.17 bits per heavy atom. The zero-order valence-electron chi connectivity index (χ0n) is 13.5. The molecule has 1 aromatic heterocycles. The van der Waals surface area contributed by atoms with Crippen LogP contribution in [0.5, 0.6) is 0 Å². The Kier molecular flexibility index (Phi) is 6.62. The molecule has 2 aromatic carbocycles. The van der Waals surface area contributed by atoms with E-state index in [1.54, 1.807) is 23.3 Å². The van der Waals surface area contributed by atoms with Gasteiger partial charge in [0, 0.05) is 22.0 Å². The Bertz CT molecular complexity index is 797. The quantitative estimate of drug-likeness (QED) is 0.294. The maximum atomic E-state index is 8.46. The highest BCUT2D eigenvalue weighted by molar-refractivity contribution is 7.99. The van der Waals surface area contributed by atoms with Crippen LogP contribution >= 0.6 is 23.3 Å². The van der Waals surface area contributed by atoms with Gasteiger partial charge in [0.25, 0.3) is 0 Å². The van der Waals surface area contributed by atoms with Gasteiger partial charge in [-0.25, -0.2) is 0 Å². The Balaban J connectivity index is 0.000000172. The number of aromatic nitrogens is 1. The molecule has 1 heterocycles. The van der Waals surface area contributed by atoms with Gasteiger partial charge in [-0.3, -0.25) is 0 Å². The molecule has 0 bridgehead atoms. The maximum absolute atomic E-state index is 8.46. The Morgan fingerprint density at radius 3 is 2.65 bits per heavy atom. The summed E-state index contributed by atoms with van der Waals surface area (Å²) in [5.74, 6) is 1.02. The number of hydrogen-bond donors (Lipinski definition) is 1. The second-order valence-electron chi connectivity index (χ2n) is 5.09. The Labute approximate surface area is 145 Å². The molecule has 0 unspecified atom stereocenters. The fourth-order valence-electron chi connectivity index (χ4n) is 2.11. The third-order valence-corrected chi connectivity index (χ3v) is 4.92. The first-order valence-corrected chi connectivity index (χ1v) is 9.12. The molecule has 0 saturated heterocycles. The minimum atomic E-state index is 0.981. The summed E-state index contributed by atoms with van der Waals surface area (Å²) in [6.45, 7) is 6.22. The number of benzene rings is 2. The third kappa shape index (κ3) is 5.08. The lowest BCUT2D eigenvalue weighted by Crippen LogP contribution is -1.87. The van der Waals surface area contributed by atoms with Crippen molar-refractivity contribution in [2.24, 2.45) is 5.16 Å². The van der Waals surface area contributed by atoms with Crippen LogP contribution in [-0.2, 0) is 0 Å². The van der Waals surface area contributed by atoms with Crippen LogP contribution < -0.4 is 0 Å². The summed E-state index contributed by atoms with van der Waals surface area (Å²) >= 11 is 3.29. The first-order valence-electron chi connectivity index (χ1n) is 7.36. The molecule has 23 heavy (non-hydrogen) atoms. The highest BCUT2D eigenvalue weighted by Crippen LogP contribution is 2.22. The normalized spacial score (nSPS) is 10.7. The fourth-order valence-corrected chi connectivity index (χ4v) is 3.49. The number of fused-ring (bicyclic) bond motifs is 1. The molecule has 0 aliphatic carbocycles. The zero-order chi connectivity index (χ0) is 16.7. The van der Waals surface area contributed by atoms with E-state index >= 15 is 0 Å². The molecule has 0 radical (unpaired) electrons. The molecule has 0 fully saturated rings. The van der Waals surface area contributed by atoms with E-state index in [4.69, 9.17) is 5.21 Å². The summed E-state index contributed by atoms with van der Waals surface area (Å²) in [6.07, 6.45) is 3.39. The molecule has 0 aliphatic rings. The first-order chi connectivity index (χ1) is 11.1. The Hall–Kier alpha value is -1.85. The van der Waals surface area contributed by atoms with Gasteiger partial charge in [-0.05, 0) is 55.4 Å². The van der Waals surface area contributed by atoms with Gasteiger partial charge in [0.1, 0.15) is 0 Å². The van der Waals surface area contributed by atoms with Crippen LogP contribution in [0.1, 0.15) is 23.6 Å². The number of oxime groups is 1. The molecule has 5 heteroatoms. The molecule has 3 nitrogen and oxygen atoms in total. The van der Waals surface area contributed by atoms with Crippen LogP contribution in [0.4, 0.5) is 0 Å². The highest BCUT2D eigenvalue weighted by atomic mass is 32.2. The van der Waals surface area contributed by atoms with Crippen molar-refractivity contribution in [3.63, 3.8) is 0 Å². The van der Waals surface area contributed by atoms with Crippen molar-refractivity contribution in [3.05, 3.63) is 59.3 Å². The average Bonchev–Trinajstić information content (AvgIpc) is 2.98. The second-order valence-corrected chi connectivity index (χ2v) is 7.23. The van der Waals surface area contributed by atoms with Gasteiger partial charge in [-0.1, -0.05) is 35.3 Å². The van der Waals surface area contributed by atoms with E-state index in [0.717, 1.165) is 16.2 Å². The number of thioether (sulfide) groups is 1. The standard InChI is InChI=1S/C10H13NOS.C8H7NS/c1-3-13-10-5-4-8(2)6-9(10)7-11-12;1-6-2-3-8-7(4-6)5-9-10-8/h4-7,12H,3H2,1-2H3;2-5H,1H3. The topological polar surface area (TPSA) is 45.5 Å². The predicted molar refractivity (Wildman–Crippen MR) is 101 cm³/mol. The van der Waals surface area contributed by atoms with E-state index in [1.807, 2.05) is 19.2 Å². The minimum Gasteiger partial charge on any atom is -0.411 e. The van der Waals surface area contributed by atoms with Crippen molar-refractivity contribution in [1.82, 2.24) is 4.37 Å². The van der Waals surface area contributed by atoms with Crippen molar-refractivity contribution in [1.29, 1.82) is 0 Å². The van der Waals surface area contributed by atoms with Crippen LogP contribution in [0.25, 0.3) is 10.1 Å². The summed E-state index contributed by atoms with van der Waals surface area (Å²) in [5, 5.41) is 12.8. The summed E-state index contributed by atoms with van der Waals surface area (Å²) in [4.78, 5) is 1.16. The van der Waals surface area contributed by atoms with Crippen molar-refractivity contribution >= 4 is 39.6 Å². The van der Waals surface area contributed by atoms with Gasteiger partial charge < -0.3 is 5.21 Å². The lowest BCUT2D eigenvalue weighted by Gasteiger charge is -2.03. The van der Waals surface area contributed by atoms with E-state index in [-0.39, 0.29) is 0 Å². The van der Waals surface area contributed by atoms with Gasteiger partial charge >= 0.3 is 0 Å². The molecule has 0 spiro atoms. The van der Waals surface area contributed by atoms with E-state index in [2.05, 4.69) is 53.7 Å². The molecule has 0 saturated carbocycles. The van der Waals surface area contributed by atoms with Crippen LogP contribution in [0.3, 0.4) is 0 Å². The predicted octanol–water partition coefficient (Wildman–Crippen LogP) is 5.52. The van der Waals surface area contributed by atoms with Gasteiger partial charge in [-0.2, -0.15) is 4.37 Å². The lowest BCUT2D eigenvalue weighted by atomic mass is 10.1. The Morgan fingerprint density at radius 2 is 1.91 bits per heavy atom. The monoisotopic (exact) mass is 344 g/mol. The maximum Gasteiger partial charge on any atom is 0.0745 e. The molecule has 3 rings (SSSR count). The SMILES string of the molecule is CCSc1ccc(C)cc1C=NO.Cc1ccc2sncc2c1. The van der Waals surface area contributed by atoms with Crippen molar-refractivity contribution in [2.45, 2.75) is 25.7 Å². The van der Waals surface area contributed by atoms with Gasteiger partial charge in [0.2, 0.25) is 0 Å². The molecule has 3 aromatic rings. The van der Waals surface area contributed by atoms with Crippen LogP contribution in [0.15, 0.2) is 52.6 Å². The lowest BCUT2D eigenvalue weighted by molar-refractivity contribution is 0.322. The third-order valence-electron chi connectivity index (χ3n) is 3.17. The molecule has 1 N–H and O–H groups in total. The minimum absolute atomic E-state index is 0.981. The number of rotatable bonds is 3. The van der Waals surface area contributed by atoms with Crippen LogP contribution in [-0.4, -0.2) is 21.5 Å². The van der Waals surface area contributed by atoms with E-state index < -0.39 is 0 Å². The van der Waals surface area contributed by atoms with Crippen LogP contribution in [0, 0.1) is 13.8 Å². The summed E-state index contributed by atoms with van der Waals surface area (Å²) in [7, 11) is 0. The molecule has 0 aliphatic heterocycles. The molecular formula is C18H20N2OS2. The van der Waals surface area contributed by atoms with Crippen LogP contribution in [0.2, 0.25) is 0 Å².